The molecular formula is C21H24Cl2N2OS. The van der Waals surface area contributed by atoms with Gasteiger partial charge in [-0.05, 0) is 48.7 Å². The molecule has 1 aliphatic heterocycles. The zero-order valence-corrected chi connectivity index (χ0v) is 18.0. The van der Waals surface area contributed by atoms with Gasteiger partial charge in [0.05, 0.1) is 15.8 Å². The van der Waals surface area contributed by atoms with Crippen LogP contribution < -0.4 is 4.90 Å². The molecule has 0 aromatic heterocycles. The molecule has 2 aromatic rings. The van der Waals surface area contributed by atoms with Crippen LogP contribution in [0.4, 0.5) is 5.69 Å². The Morgan fingerprint density at radius 1 is 1.04 bits per heavy atom. The van der Waals surface area contributed by atoms with E-state index in [2.05, 4.69) is 36.9 Å². The Kier molecular flexibility index (Phi) is 6.96. The molecule has 0 atom stereocenters. The van der Waals surface area contributed by atoms with E-state index in [-0.39, 0.29) is 5.91 Å². The Labute approximate surface area is 175 Å². The first kappa shape index (κ1) is 20.4. The second kappa shape index (κ2) is 9.22. The number of carbonyl (C=O) groups excluding carboxylic acids is 1. The number of thioether (sulfide) groups is 1. The number of anilines is 1. The van der Waals surface area contributed by atoms with E-state index < -0.39 is 0 Å². The molecule has 3 rings (SSSR count). The predicted octanol–water partition coefficient (Wildman–Crippen LogP) is 5.19. The maximum Gasteiger partial charge on any atom is 0.232 e. The average Bonchev–Trinajstić information content (AvgIpc) is 2.67. The molecule has 144 valence electrons. The van der Waals surface area contributed by atoms with Crippen molar-refractivity contribution >= 4 is 46.6 Å². The maximum atomic E-state index is 12.5. The van der Waals surface area contributed by atoms with Crippen LogP contribution in [-0.2, 0) is 10.5 Å². The molecule has 3 nitrogen and oxygen atoms in total. The Hall–Kier alpha value is -1.36. The van der Waals surface area contributed by atoms with Gasteiger partial charge >= 0.3 is 0 Å². The molecule has 0 radical (unpaired) electrons. The van der Waals surface area contributed by atoms with Crippen molar-refractivity contribution in [3.63, 3.8) is 0 Å². The van der Waals surface area contributed by atoms with Crippen LogP contribution in [-0.4, -0.2) is 42.7 Å². The van der Waals surface area contributed by atoms with Gasteiger partial charge in [0, 0.05) is 37.6 Å². The lowest BCUT2D eigenvalue weighted by Gasteiger charge is -2.37. The second-order valence-electron chi connectivity index (χ2n) is 6.83. The Bertz CT molecular complexity index is 820. The van der Waals surface area contributed by atoms with Crippen molar-refractivity contribution in [1.82, 2.24) is 4.90 Å². The standard InChI is InChI=1S/C21H24Cl2N2OS/c1-15-4-3-5-20(16(15)2)24-8-10-25(11-9-24)21(26)14-27-13-17-6-7-18(22)19(23)12-17/h3-7,12H,8-11,13-14H2,1-2H3. The van der Waals surface area contributed by atoms with Crippen molar-refractivity contribution < 1.29 is 4.79 Å². The van der Waals surface area contributed by atoms with Gasteiger partial charge in [-0.1, -0.05) is 41.4 Å². The van der Waals surface area contributed by atoms with E-state index in [4.69, 9.17) is 23.2 Å². The fourth-order valence-electron chi connectivity index (χ4n) is 3.25. The summed E-state index contributed by atoms with van der Waals surface area (Å²) in [5.74, 6) is 1.45. The highest BCUT2D eigenvalue weighted by molar-refractivity contribution is 7.99. The summed E-state index contributed by atoms with van der Waals surface area (Å²) in [4.78, 5) is 16.9. The number of hydrogen-bond acceptors (Lipinski definition) is 3. The highest BCUT2D eigenvalue weighted by Gasteiger charge is 2.22. The summed E-state index contributed by atoms with van der Waals surface area (Å²) in [5.41, 5.74) is 5.01. The molecule has 0 N–H and O–H groups in total. The van der Waals surface area contributed by atoms with E-state index in [9.17, 15) is 4.79 Å². The van der Waals surface area contributed by atoms with Crippen molar-refractivity contribution in [2.75, 3.05) is 36.8 Å². The van der Waals surface area contributed by atoms with Crippen LogP contribution in [0, 0.1) is 13.8 Å². The van der Waals surface area contributed by atoms with E-state index in [1.54, 1.807) is 17.8 Å². The topological polar surface area (TPSA) is 23.6 Å². The van der Waals surface area contributed by atoms with Crippen LogP contribution in [0.2, 0.25) is 10.0 Å². The number of benzene rings is 2. The first-order valence-corrected chi connectivity index (χ1v) is 11.0. The molecule has 1 fully saturated rings. The summed E-state index contributed by atoms with van der Waals surface area (Å²) in [6.07, 6.45) is 0. The van der Waals surface area contributed by atoms with Gasteiger partial charge in [-0.3, -0.25) is 4.79 Å². The Morgan fingerprint density at radius 3 is 2.48 bits per heavy atom. The third kappa shape index (κ3) is 5.13. The summed E-state index contributed by atoms with van der Waals surface area (Å²) in [5, 5.41) is 1.12. The number of hydrogen-bond donors (Lipinski definition) is 0. The normalized spacial score (nSPS) is 14.5. The summed E-state index contributed by atoms with van der Waals surface area (Å²) in [6, 6.07) is 12.0. The molecule has 1 aliphatic rings. The molecule has 1 amide bonds. The lowest BCUT2D eigenvalue weighted by molar-refractivity contribution is -0.128. The van der Waals surface area contributed by atoms with E-state index in [1.165, 1.54) is 16.8 Å². The zero-order chi connectivity index (χ0) is 19.4. The van der Waals surface area contributed by atoms with Crippen LogP contribution in [0.3, 0.4) is 0 Å². The number of carbonyl (C=O) groups is 1. The van der Waals surface area contributed by atoms with Crippen LogP contribution >= 0.6 is 35.0 Å². The minimum atomic E-state index is 0.209. The third-order valence-electron chi connectivity index (χ3n) is 5.03. The zero-order valence-electron chi connectivity index (χ0n) is 15.7. The van der Waals surface area contributed by atoms with Gasteiger partial charge in [0.2, 0.25) is 5.91 Å². The molecule has 0 aliphatic carbocycles. The van der Waals surface area contributed by atoms with Gasteiger partial charge in [0.15, 0.2) is 0 Å². The van der Waals surface area contributed by atoms with Crippen molar-refractivity contribution in [3.05, 3.63) is 63.1 Å². The second-order valence-corrected chi connectivity index (χ2v) is 8.63. The minimum absolute atomic E-state index is 0.209. The first-order valence-electron chi connectivity index (χ1n) is 9.06. The Balaban J connectivity index is 1.47. The van der Waals surface area contributed by atoms with E-state index in [0.717, 1.165) is 37.5 Å². The fourth-order valence-corrected chi connectivity index (χ4v) is 4.45. The molecule has 0 saturated carbocycles. The average molecular weight is 423 g/mol. The maximum absolute atomic E-state index is 12.5. The number of aryl methyl sites for hydroxylation is 1. The number of halogens is 2. The third-order valence-corrected chi connectivity index (χ3v) is 6.75. The van der Waals surface area contributed by atoms with Crippen LogP contribution in [0.5, 0.6) is 0 Å². The molecule has 2 aromatic carbocycles. The summed E-state index contributed by atoms with van der Waals surface area (Å²) in [7, 11) is 0. The first-order chi connectivity index (χ1) is 13.0. The summed E-state index contributed by atoms with van der Waals surface area (Å²) >= 11 is 13.6. The van der Waals surface area contributed by atoms with Gasteiger partial charge in [0.25, 0.3) is 0 Å². The van der Waals surface area contributed by atoms with Crippen molar-refractivity contribution in [2.45, 2.75) is 19.6 Å². The van der Waals surface area contributed by atoms with E-state index in [0.29, 0.717) is 15.8 Å². The number of rotatable bonds is 5. The van der Waals surface area contributed by atoms with Crippen LogP contribution in [0.25, 0.3) is 0 Å². The van der Waals surface area contributed by atoms with Gasteiger partial charge < -0.3 is 9.80 Å². The lowest BCUT2D eigenvalue weighted by Crippen LogP contribution is -2.49. The highest BCUT2D eigenvalue weighted by Crippen LogP contribution is 2.26. The van der Waals surface area contributed by atoms with Crippen LogP contribution in [0.1, 0.15) is 16.7 Å². The van der Waals surface area contributed by atoms with E-state index >= 15 is 0 Å². The van der Waals surface area contributed by atoms with Crippen molar-refractivity contribution in [1.29, 1.82) is 0 Å². The van der Waals surface area contributed by atoms with Crippen molar-refractivity contribution in [3.8, 4) is 0 Å². The smallest absolute Gasteiger partial charge is 0.232 e. The number of amides is 1. The minimum Gasteiger partial charge on any atom is -0.368 e. The molecule has 27 heavy (non-hydrogen) atoms. The lowest BCUT2D eigenvalue weighted by atomic mass is 10.1. The highest BCUT2D eigenvalue weighted by atomic mass is 35.5. The molecule has 1 heterocycles. The predicted molar refractivity (Wildman–Crippen MR) is 117 cm³/mol. The number of nitrogens with zero attached hydrogens (tertiary/aromatic N) is 2. The molecule has 1 saturated heterocycles. The van der Waals surface area contributed by atoms with Gasteiger partial charge in [-0.15, -0.1) is 11.8 Å². The SMILES string of the molecule is Cc1cccc(N2CCN(C(=O)CSCc3ccc(Cl)c(Cl)c3)CC2)c1C. The van der Waals surface area contributed by atoms with Crippen LogP contribution in [0.15, 0.2) is 36.4 Å². The van der Waals surface area contributed by atoms with Gasteiger partial charge in [-0.25, -0.2) is 0 Å². The number of piperazine rings is 1. The van der Waals surface area contributed by atoms with Crippen molar-refractivity contribution in [2.24, 2.45) is 0 Å². The molecular weight excluding hydrogens is 399 g/mol. The summed E-state index contributed by atoms with van der Waals surface area (Å²) in [6.45, 7) is 7.63. The largest absolute Gasteiger partial charge is 0.368 e. The summed E-state index contributed by atoms with van der Waals surface area (Å²) < 4.78 is 0. The molecule has 0 unspecified atom stereocenters. The molecule has 0 bridgehead atoms. The molecule has 6 heteroatoms. The monoisotopic (exact) mass is 422 g/mol. The fraction of sp³-hybridized carbons (Fsp3) is 0.381. The quantitative estimate of drug-likeness (QED) is 0.661. The van der Waals surface area contributed by atoms with Gasteiger partial charge in [-0.2, -0.15) is 0 Å². The van der Waals surface area contributed by atoms with Gasteiger partial charge in [0.1, 0.15) is 0 Å². The van der Waals surface area contributed by atoms with E-state index in [1.807, 2.05) is 17.0 Å². The Morgan fingerprint density at radius 2 is 1.78 bits per heavy atom. The molecule has 0 spiro atoms.